The van der Waals surface area contributed by atoms with Gasteiger partial charge >= 0.3 is 0 Å². The van der Waals surface area contributed by atoms with Crippen LogP contribution in [0.3, 0.4) is 0 Å². The number of halogens is 1. The third-order valence-corrected chi connectivity index (χ3v) is 9.11. The minimum absolute atomic E-state index is 0.0706. The summed E-state index contributed by atoms with van der Waals surface area (Å²) in [7, 11) is -3.44. The molecule has 0 N–H and O–H groups in total. The van der Waals surface area contributed by atoms with Gasteiger partial charge in [-0.05, 0) is 50.1 Å². The molecular weight excluding hydrogens is 506 g/mol. The van der Waals surface area contributed by atoms with Crippen LogP contribution in [0.25, 0.3) is 10.2 Å². The van der Waals surface area contributed by atoms with Crippen LogP contribution in [0.5, 0.6) is 0 Å². The van der Waals surface area contributed by atoms with Crippen LogP contribution in [0.2, 0.25) is 5.02 Å². The van der Waals surface area contributed by atoms with E-state index in [4.69, 9.17) is 16.3 Å². The third-order valence-electron chi connectivity index (χ3n) is 6.01. The minimum atomic E-state index is -3.44. The van der Waals surface area contributed by atoms with E-state index in [2.05, 4.69) is 9.88 Å². The van der Waals surface area contributed by atoms with Crippen LogP contribution in [-0.2, 0) is 19.4 Å². The Bertz CT molecular complexity index is 1260. The highest BCUT2D eigenvalue weighted by Crippen LogP contribution is 2.31. The Balaban J connectivity index is 1.42. The number of carbonyl (C=O) groups excluding carboxylic acids is 1. The maximum atomic E-state index is 13.3. The van der Waals surface area contributed by atoms with E-state index in [-0.39, 0.29) is 24.5 Å². The summed E-state index contributed by atoms with van der Waals surface area (Å²) in [5, 5.41) is 1.25. The third kappa shape index (κ3) is 7.01. The predicted octanol–water partition coefficient (Wildman–Crippen LogP) is 4.57. The van der Waals surface area contributed by atoms with Gasteiger partial charge in [0.15, 0.2) is 15.0 Å². The lowest BCUT2D eigenvalue weighted by molar-refractivity contribution is -0.118. The second-order valence-electron chi connectivity index (χ2n) is 8.70. The highest BCUT2D eigenvalue weighted by Gasteiger charge is 2.22. The van der Waals surface area contributed by atoms with Crippen molar-refractivity contribution in [1.82, 2.24) is 9.88 Å². The number of aryl methyl sites for hydroxylation is 1. The van der Waals surface area contributed by atoms with E-state index in [1.807, 2.05) is 19.1 Å². The number of morpholine rings is 1. The molecule has 10 heteroatoms. The number of hydrogen-bond acceptors (Lipinski definition) is 7. The van der Waals surface area contributed by atoms with E-state index in [1.54, 1.807) is 35.2 Å². The number of aromatic nitrogens is 1. The number of anilines is 1. The Morgan fingerprint density at radius 1 is 1.14 bits per heavy atom. The lowest BCUT2D eigenvalue weighted by atomic mass is 10.2. The molecule has 7 nitrogen and oxygen atoms in total. The summed E-state index contributed by atoms with van der Waals surface area (Å²) in [4.78, 5) is 22.3. The molecule has 1 amide bonds. The molecule has 1 aliphatic rings. The van der Waals surface area contributed by atoms with Crippen molar-refractivity contribution in [3.63, 3.8) is 0 Å². The fraction of sp³-hybridized carbons (Fsp3) is 0.440. The molecule has 188 valence electrons. The van der Waals surface area contributed by atoms with Crippen molar-refractivity contribution in [2.75, 3.05) is 50.0 Å². The standard InChI is InChI=1S/C25H30ClN3O4S2/c1-19-5-8-21(9-6-19)35(31,32)17-2-4-24(30)29(12-3-11-28-13-15-33-16-14-28)25-27-22-10-7-20(26)18-23(22)34-25/h5-10,18H,2-4,11-17H2,1H3. The molecule has 35 heavy (non-hydrogen) atoms. The average molecular weight is 536 g/mol. The first-order valence-electron chi connectivity index (χ1n) is 11.8. The first-order chi connectivity index (χ1) is 16.8. The lowest BCUT2D eigenvalue weighted by Gasteiger charge is -2.27. The highest BCUT2D eigenvalue weighted by molar-refractivity contribution is 7.91. The van der Waals surface area contributed by atoms with Crippen molar-refractivity contribution in [2.24, 2.45) is 0 Å². The summed E-state index contributed by atoms with van der Waals surface area (Å²) in [5.41, 5.74) is 1.80. The normalized spacial score (nSPS) is 14.9. The van der Waals surface area contributed by atoms with Gasteiger partial charge in [0.25, 0.3) is 0 Å². The molecule has 2 aromatic carbocycles. The van der Waals surface area contributed by atoms with Crippen LogP contribution in [0.15, 0.2) is 47.4 Å². The number of nitrogens with zero attached hydrogens (tertiary/aromatic N) is 3. The Kier molecular flexibility index (Phi) is 8.77. The summed E-state index contributed by atoms with van der Waals surface area (Å²) in [6.07, 6.45) is 1.19. The monoisotopic (exact) mass is 535 g/mol. The molecule has 0 spiro atoms. The Labute approximate surface area is 215 Å². The summed E-state index contributed by atoms with van der Waals surface area (Å²) in [6, 6.07) is 12.3. The lowest BCUT2D eigenvalue weighted by Crippen LogP contribution is -2.39. The molecule has 4 rings (SSSR count). The van der Waals surface area contributed by atoms with Crippen molar-refractivity contribution in [2.45, 2.75) is 31.1 Å². The van der Waals surface area contributed by atoms with Gasteiger partial charge in [-0.3, -0.25) is 14.6 Å². The number of rotatable bonds is 10. The molecule has 1 fully saturated rings. The topological polar surface area (TPSA) is 79.8 Å². The number of hydrogen-bond donors (Lipinski definition) is 0. The number of benzene rings is 2. The summed E-state index contributed by atoms with van der Waals surface area (Å²) >= 11 is 7.56. The molecule has 2 heterocycles. The van der Waals surface area contributed by atoms with Crippen LogP contribution >= 0.6 is 22.9 Å². The first kappa shape index (κ1) is 26.0. The van der Waals surface area contributed by atoms with E-state index in [9.17, 15) is 13.2 Å². The number of carbonyl (C=O) groups is 1. The molecular formula is C25H30ClN3O4S2. The SMILES string of the molecule is Cc1ccc(S(=O)(=O)CCCC(=O)N(CCCN2CCOCC2)c2nc3ccc(Cl)cc3s2)cc1. The van der Waals surface area contributed by atoms with E-state index in [0.717, 1.165) is 55.0 Å². The molecule has 1 aromatic heterocycles. The highest BCUT2D eigenvalue weighted by atomic mass is 35.5. The number of amides is 1. The maximum absolute atomic E-state index is 13.3. The average Bonchev–Trinajstić information content (AvgIpc) is 3.25. The maximum Gasteiger partial charge on any atom is 0.228 e. The Morgan fingerprint density at radius 3 is 2.63 bits per heavy atom. The van der Waals surface area contributed by atoms with Crippen molar-refractivity contribution in [3.05, 3.63) is 53.1 Å². The molecule has 1 saturated heterocycles. The van der Waals surface area contributed by atoms with E-state index >= 15 is 0 Å². The van der Waals surface area contributed by atoms with E-state index in [0.29, 0.717) is 21.6 Å². The molecule has 0 bridgehead atoms. The minimum Gasteiger partial charge on any atom is -0.379 e. The zero-order chi connectivity index (χ0) is 24.8. The van der Waals surface area contributed by atoms with E-state index < -0.39 is 9.84 Å². The van der Waals surface area contributed by atoms with Crippen molar-refractivity contribution >= 4 is 54.0 Å². The summed E-state index contributed by atoms with van der Waals surface area (Å²) < 4.78 is 31.7. The Morgan fingerprint density at radius 2 is 1.89 bits per heavy atom. The van der Waals surface area contributed by atoms with Crippen LogP contribution < -0.4 is 4.90 Å². The second-order valence-corrected chi connectivity index (χ2v) is 12.3. The fourth-order valence-electron chi connectivity index (χ4n) is 4.02. The molecule has 1 aliphatic heterocycles. The van der Waals surface area contributed by atoms with Gasteiger partial charge < -0.3 is 4.74 Å². The Hall–Kier alpha value is -2.04. The van der Waals surface area contributed by atoms with Crippen molar-refractivity contribution < 1.29 is 17.9 Å². The van der Waals surface area contributed by atoms with Crippen molar-refractivity contribution in [3.8, 4) is 0 Å². The van der Waals surface area contributed by atoms with Gasteiger partial charge in [-0.15, -0.1) is 0 Å². The van der Waals surface area contributed by atoms with Gasteiger partial charge in [-0.25, -0.2) is 13.4 Å². The molecule has 0 unspecified atom stereocenters. The van der Waals surface area contributed by atoms with Gasteiger partial charge in [-0.2, -0.15) is 0 Å². The zero-order valence-corrected chi connectivity index (χ0v) is 22.2. The molecule has 0 radical (unpaired) electrons. The van der Waals surface area contributed by atoms with Gasteiger partial charge in [0.1, 0.15) is 0 Å². The predicted molar refractivity (Wildman–Crippen MR) is 141 cm³/mol. The first-order valence-corrected chi connectivity index (χ1v) is 14.6. The quantitative estimate of drug-likeness (QED) is 0.378. The molecule has 0 aliphatic carbocycles. The van der Waals surface area contributed by atoms with Crippen LogP contribution in [-0.4, -0.2) is 69.4 Å². The van der Waals surface area contributed by atoms with Crippen LogP contribution in [0.4, 0.5) is 5.13 Å². The summed E-state index contributed by atoms with van der Waals surface area (Å²) in [6.45, 7) is 6.56. The van der Waals surface area contributed by atoms with Gasteiger partial charge in [0.2, 0.25) is 5.91 Å². The number of thiazole rings is 1. The van der Waals surface area contributed by atoms with Crippen LogP contribution in [0.1, 0.15) is 24.8 Å². The molecule has 0 saturated carbocycles. The van der Waals surface area contributed by atoms with Gasteiger partial charge in [0.05, 0.1) is 34.1 Å². The molecule has 3 aromatic rings. The van der Waals surface area contributed by atoms with E-state index in [1.165, 1.54) is 11.3 Å². The second kappa shape index (κ2) is 11.8. The number of ether oxygens (including phenoxy) is 1. The van der Waals surface area contributed by atoms with Crippen molar-refractivity contribution in [1.29, 1.82) is 0 Å². The van der Waals surface area contributed by atoms with Gasteiger partial charge in [-0.1, -0.05) is 40.6 Å². The number of sulfone groups is 1. The largest absolute Gasteiger partial charge is 0.379 e. The summed E-state index contributed by atoms with van der Waals surface area (Å²) in [5.74, 6) is -0.185. The fourth-order valence-corrected chi connectivity index (χ4v) is 6.61. The molecule has 0 atom stereocenters. The zero-order valence-electron chi connectivity index (χ0n) is 19.8. The van der Waals surface area contributed by atoms with Gasteiger partial charge in [0, 0.05) is 37.6 Å². The smallest absolute Gasteiger partial charge is 0.228 e. The van der Waals surface area contributed by atoms with Crippen LogP contribution in [0, 0.1) is 6.92 Å². The number of fused-ring (bicyclic) bond motifs is 1.